The summed E-state index contributed by atoms with van der Waals surface area (Å²) in [4.78, 5) is 23.6. The number of halogens is 3. The summed E-state index contributed by atoms with van der Waals surface area (Å²) in [6.45, 7) is -0.488. The summed E-state index contributed by atoms with van der Waals surface area (Å²) in [6, 6.07) is 7.04. The van der Waals surface area contributed by atoms with Crippen molar-refractivity contribution in [3.8, 4) is 23.4 Å². The van der Waals surface area contributed by atoms with E-state index in [-0.39, 0.29) is 22.9 Å². The highest BCUT2D eigenvalue weighted by molar-refractivity contribution is 5.73. The van der Waals surface area contributed by atoms with E-state index in [4.69, 9.17) is 41.2 Å². The topological polar surface area (TPSA) is 182 Å². The fraction of sp³-hybridized carbons (Fsp3) is 0.176. The van der Waals surface area contributed by atoms with Crippen LogP contribution >= 0.6 is 0 Å². The van der Waals surface area contributed by atoms with Crippen LogP contribution in [0.1, 0.15) is 16.7 Å². The van der Waals surface area contributed by atoms with E-state index >= 15 is 0 Å². The zero-order valence-electron chi connectivity index (χ0n) is 14.9. The van der Waals surface area contributed by atoms with Crippen LogP contribution in [-0.2, 0) is 16.0 Å². The summed E-state index contributed by atoms with van der Waals surface area (Å²) < 4.78 is 42.7. The number of nitrogens with zero attached hydrogens (tertiary/aromatic N) is 2. The summed E-state index contributed by atoms with van der Waals surface area (Å²) >= 11 is 0. The Labute approximate surface area is 166 Å². The molecule has 0 fully saturated rings. The van der Waals surface area contributed by atoms with Crippen molar-refractivity contribution in [2.75, 3.05) is 18.1 Å². The van der Waals surface area contributed by atoms with E-state index in [9.17, 15) is 18.0 Å². The van der Waals surface area contributed by atoms with Crippen LogP contribution in [0.15, 0.2) is 18.2 Å². The van der Waals surface area contributed by atoms with Crippen LogP contribution < -0.4 is 20.9 Å². The van der Waals surface area contributed by atoms with Crippen molar-refractivity contribution in [1.82, 2.24) is 4.98 Å². The highest BCUT2D eigenvalue weighted by Gasteiger charge is 2.38. The summed E-state index contributed by atoms with van der Waals surface area (Å²) in [7, 11) is 0. The number of alkyl halides is 3. The lowest BCUT2D eigenvalue weighted by molar-refractivity contribution is -0.192. The maximum Gasteiger partial charge on any atom is 0.490 e. The minimum absolute atomic E-state index is 0.0175. The monoisotopic (exact) mass is 426 g/mol. The number of pyridine rings is 1. The fourth-order valence-corrected chi connectivity index (χ4v) is 2.37. The van der Waals surface area contributed by atoms with Gasteiger partial charge in [0.05, 0.1) is 5.69 Å². The van der Waals surface area contributed by atoms with Gasteiger partial charge < -0.3 is 31.2 Å². The number of aliphatic carboxylic acids is 2. The van der Waals surface area contributed by atoms with Crippen LogP contribution in [0.2, 0.25) is 0 Å². The summed E-state index contributed by atoms with van der Waals surface area (Å²) in [5.41, 5.74) is 13.4. The van der Waals surface area contributed by atoms with Crippen molar-refractivity contribution in [2.45, 2.75) is 12.6 Å². The highest BCUT2D eigenvalue weighted by Crippen LogP contribution is 2.44. The number of hydrogen-bond acceptors (Lipinski definition) is 8. The van der Waals surface area contributed by atoms with Gasteiger partial charge >= 0.3 is 18.1 Å². The Morgan fingerprint density at radius 3 is 2.47 bits per heavy atom. The minimum atomic E-state index is -5.08. The normalized spacial score (nSPS) is 11.5. The molecule has 13 heteroatoms. The van der Waals surface area contributed by atoms with Gasteiger partial charge in [0.15, 0.2) is 18.1 Å². The van der Waals surface area contributed by atoms with E-state index in [1.807, 2.05) is 6.07 Å². The number of anilines is 2. The summed E-state index contributed by atoms with van der Waals surface area (Å²) in [6.07, 6.45) is -4.71. The number of carboxylic acids is 2. The number of carboxylic acid groups (broad SMARTS) is 2. The second-order valence-electron chi connectivity index (χ2n) is 5.69. The Morgan fingerprint density at radius 1 is 1.30 bits per heavy atom. The van der Waals surface area contributed by atoms with Gasteiger partial charge in [0, 0.05) is 17.5 Å². The molecule has 0 spiro atoms. The van der Waals surface area contributed by atoms with Crippen LogP contribution in [0.3, 0.4) is 0 Å². The maximum absolute atomic E-state index is 10.7. The summed E-state index contributed by atoms with van der Waals surface area (Å²) in [5, 5.41) is 24.9. The van der Waals surface area contributed by atoms with E-state index in [0.29, 0.717) is 23.5 Å². The number of benzene rings is 1. The molecule has 0 bridgehead atoms. The van der Waals surface area contributed by atoms with E-state index in [2.05, 4.69) is 4.98 Å². The Balaban J connectivity index is 0.000000396. The van der Waals surface area contributed by atoms with Gasteiger partial charge in [-0.3, -0.25) is 0 Å². The minimum Gasteiger partial charge on any atom is -0.479 e. The molecular formula is C17H13F3N4O6. The van der Waals surface area contributed by atoms with Crippen molar-refractivity contribution >= 4 is 23.4 Å². The SMILES string of the molecule is N#Cc1c(N)nc2c(c1N)Cc1cccc(OCC(=O)O)c1O2.O=C(O)C(F)(F)F. The number of nitrogen functional groups attached to an aromatic ring is 2. The first-order valence-electron chi connectivity index (χ1n) is 7.88. The average Bonchev–Trinajstić information content (AvgIpc) is 2.65. The van der Waals surface area contributed by atoms with Gasteiger partial charge in [-0.2, -0.15) is 23.4 Å². The number of fused-ring (bicyclic) bond motifs is 2. The lowest BCUT2D eigenvalue weighted by atomic mass is 9.99. The van der Waals surface area contributed by atoms with E-state index in [1.165, 1.54) is 0 Å². The van der Waals surface area contributed by atoms with Gasteiger partial charge in [-0.1, -0.05) is 12.1 Å². The summed E-state index contributed by atoms with van der Waals surface area (Å²) in [5.74, 6) is -3.01. The predicted octanol–water partition coefficient (Wildman–Crippen LogP) is 1.91. The molecule has 0 amide bonds. The molecule has 2 aromatic rings. The molecule has 1 aliphatic heterocycles. The number of nitrogens with two attached hydrogens (primary N) is 2. The van der Waals surface area contributed by atoms with Crippen LogP contribution in [0.4, 0.5) is 24.7 Å². The van der Waals surface area contributed by atoms with Crippen LogP contribution in [0.25, 0.3) is 0 Å². The third kappa shape index (κ3) is 4.79. The van der Waals surface area contributed by atoms with Gasteiger partial charge in [-0.25, -0.2) is 9.59 Å². The van der Waals surface area contributed by atoms with Crippen molar-refractivity contribution in [3.05, 3.63) is 34.9 Å². The largest absolute Gasteiger partial charge is 0.490 e. The Hall–Kier alpha value is -4.21. The maximum atomic E-state index is 10.7. The molecule has 10 nitrogen and oxygen atoms in total. The average molecular weight is 426 g/mol. The van der Waals surface area contributed by atoms with Gasteiger partial charge in [-0.05, 0) is 6.07 Å². The van der Waals surface area contributed by atoms with Crippen molar-refractivity contribution in [3.63, 3.8) is 0 Å². The Bertz CT molecular complexity index is 1050. The molecule has 6 N–H and O–H groups in total. The molecule has 158 valence electrons. The van der Waals surface area contributed by atoms with Crippen molar-refractivity contribution in [2.24, 2.45) is 0 Å². The van der Waals surface area contributed by atoms with Gasteiger partial charge in [-0.15, -0.1) is 0 Å². The quantitative estimate of drug-likeness (QED) is 0.483. The number of carbonyl (C=O) groups is 2. The van der Waals surface area contributed by atoms with Crippen LogP contribution in [-0.4, -0.2) is 39.9 Å². The lowest BCUT2D eigenvalue weighted by Gasteiger charge is -2.23. The smallest absolute Gasteiger partial charge is 0.479 e. The van der Waals surface area contributed by atoms with E-state index in [0.717, 1.165) is 5.56 Å². The molecule has 1 aromatic carbocycles. The second-order valence-corrected chi connectivity index (χ2v) is 5.69. The third-order valence-corrected chi connectivity index (χ3v) is 3.66. The van der Waals surface area contributed by atoms with Crippen LogP contribution in [0, 0.1) is 11.3 Å². The molecule has 2 heterocycles. The molecule has 0 saturated heterocycles. The van der Waals surface area contributed by atoms with E-state index in [1.54, 1.807) is 18.2 Å². The Kier molecular flexibility index (Phi) is 6.21. The molecule has 0 saturated carbocycles. The molecule has 1 aromatic heterocycles. The molecule has 30 heavy (non-hydrogen) atoms. The molecule has 0 radical (unpaired) electrons. The highest BCUT2D eigenvalue weighted by atomic mass is 19.4. The predicted molar refractivity (Wildman–Crippen MR) is 93.9 cm³/mol. The van der Waals surface area contributed by atoms with Gasteiger partial charge in [0.25, 0.3) is 0 Å². The fourth-order valence-electron chi connectivity index (χ4n) is 2.37. The zero-order chi connectivity index (χ0) is 22.6. The van der Waals surface area contributed by atoms with Crippen molar-refractivity contribution < 1.29 is 42.4 Å². The first-order chi connectivity index (χ1) is 14.0. The van der Waals surface area contributed by atoms with Crippen LogP contribution in [0.5, 0.6) is 17.4 Å². The van der Waals surface area contributed by atoms with E-state index < -0.39 is 24.7 Å². The number of hydrogen-bond donors (Lipinski definition) is 4. The first-order valence-corrected chi connectivity index (χ1v) is 7.88. The first kappa shape index (κ1) is 22.1. The Morgan fingerprint density at radius 2 is 1.93 bits per heavy atom. The number of para-hydroxylation sites is 1. The molecule has 0 atom stereocenters. The molecule has 0 aliphatic carbocycles. The molecule has 0 unspecified atom stereocenters. The zero-order valence-corrected chi connectivity index (χ0v) is 14.9. The molecule has 3 rings (SSSR count). The number of rotatable bonds is 3. The van der Waals surface area contributed by atoms with Gasteiger partial charge in [0.1, 0.15) is 17.5 Å². The third-order valence-electron chi connectivity index (χ3n) is 3.66. The van der Waals surface area contributed by atoms with Crippen molar-refractivity contribution in [1.29, 1.82) is 5.26 Å². The standard InChI is InChI=1S/C15H12N4O4.C2HF3O2/c16-5-9-12(17)8-4-7-2-1-3-10(22-6-11(20)21)13(7)23-15(8)19-14(9)18;3-2(4,5)1(6)7/h1-3H,4,6H2,(H,20,21)(H4,17,18,19);(H,6,7). The van der Waals surface area contributed by atoms with Gasteiger partial charge in [0.2, 0.25) is 5.88 Å². The lowest BCUT2D eigenvalue weighted by Crippen LogP contribution is -2.21. The molecule has 1 aliphatic rings. The molecular weight excluding hydrogens is 413 g/mol. The second kappa shape index (κ2) is 8.43. The number of nitriles is 1. The number of aromatic nitrogens is 1. The number of ether oxygens (including phenoxy) is 2.